The van der Waals surface area contributed by atoms with Crippen LogP contribution in [0.1, 0.15) is 46.5 Å². The van der Waals surface area contributed by atoms with E-state index in [9.17, 15) is 0 Å². The summed E-state index contributed by atoms with van der Waals surface area (Å²) >= 11 is 0. The molecule has 1 saturated carbocycles. The van der Waals surface area contributed by atoms with E-state index in [1.807, 2.05) is 0 Å². The summed E-state index contributed by atoms with van der Waals surface area (Å²) in [5.41, 5.74) is 0.456. The molecule has 6 heteroatoms. The summed E-state index contributed by atoms with van der Waals surface area (Å²) in [7, 11) is 2.15. The molecule has 0 bridgehead atoms. The maximum absolute atomic E-state index is 5.82. The number of likely N-dealkylation sites (N-methyl/N-ethyl adjacent to an activating group) is 1. The van der Waals surface area contributed by atoms with E-state index in [0.717, 1.165) is 51.2 Å². The van der Waals surface area contributed by atoms with E-state index in [2.05, 4.69) is 43.4 Å². The third-order valence-electron chi connectivity index (χ3n) is 5.01. The predicted octanol–water partition coefficient (Wildman–Crippen LogP) is 2.71. The van der Waals surface area contributed by atoms with Crippen molar-refractivity contribution in [3.63, 3.8) is 0 Å². The SMILES string of the molecule is CCNC(=NCC1(CC(C)C)CCC1)NCC1CN(C)CCO1.I. The van der Waals surface area contributed by atoms with Gasteiger partial charge in [-0.15, -0.1) is 24.0 Å². The summed E-state index contributed by atoms with van der Waals surface area (Å²) in [6.07, 6.45) is 5.60. The molecule has 0 radical (unpaired) electrons. The number of hydrogen-bond donors (Lipinski definition) is 2. The Morgan fingerprint density at radius 1 is 1.33 bits per heavy atom. The third-order valence-corrected chi connectivity index (χ3v) is 5.01. The summed E-state index contributed by atoms with van der Waals surface area (Å²) in [6, 6.07) is 0. The predicted molar refractivity (Wildman–Crippen MR) is 112 cm³/mol. The number of halogens is 1. The molecule has 0 aromatic rings. The van der Waals surface area contributed by atoms with Crippen LogP contribution in [-0.4, -0.2) is 63.3 Å². The van der Waals surface area contributed by atoms with Gasteiger partial charge >= 0.3 is 0 Å². The fourth-order valence-electron chi connectivity index (χ4n) is 3.76. The van der Waals surface area contributed by atoms with E-state index in [0.29, 0.717) is 5.41 Å². The van der Waals surface area contributed by atoms with Gasteiger partial charge in [-0.2, -0.15) is 0 Å². The minimum atomic E-state index is 0. The van der Waals surface area contributed by atoms with Gasteiger partial charge in [0.2, 0.25) is 0 Å². The molecule has 0 amide bonds. The maximum atomic E-state index is 5.82. The van der Waals surface area contributed by atoms with E-state index < -0.39 is 0 Å². The molecular weight excluding hydrogens is 415 g/mol. The van der Waals surface area contributed by atoms with Crippen molar-refractivity contribution < 1.29 is 4.74 Å². The minimum absolute atomic E-state index is 0. The van der Waals surface area contributed by atoms with Gasteiger partial charge in [0.1, 0.15) is 0 Å². The molecule has 1 unspecified atom stereocenters. The van der Waals surface area contributed by atoms with Crippen LogP contribution in [-0.2, 0) is 4.74 Å². The average molecular weight is 452 g/mol. The Morgan fingerprint density at radius 2 is 2.08 bits per heavy atom. The van der Waals surface area contributed by atoms with Crippen LogP contribution in [0.25, 0.3) is 0 Å². The van der Waals surface area contributed by atoms with E-state index in [1.165, 1.54) is 25.7 Å². The molecule has 2 aliphatic rings. The van der Waals surface area contributed by atoms with Crippen LogP contribution in [0.3, 0.4) is 0 Å². The standard InChI is InChI=1S/C18H36N4O.HI/c1-5-19-17(20-12-16-13-22(4)9-10-23-16)21-14-18(7-6-8-18)11-15(2)3;/h15-16H,5-14H2,1-4H3,(H2,19,20,21);1H. The van der Waals surface area contributed by atoms with E-state index in [4.69, 9.17) is 9.73 Å². The summed E-state index contributed by atoms with van der Waals surface area (Å²) < 4.78 is 5.82. The second-order valence-electron chi connectivity index (χ2n) is 7.78. The van der Waals surface area contributed by atoms with Gasteiger partial charge in [0, 0.05) is 32.7 Å². The zero-order valence-corrected chi connectivity index (χ0v) is 18.3. The first-order valence-corrected chi connectivity index (χ1v) is 9.35. The fourth-order valence-corrected chi connectivity index (χ4v) is 3.76. The molecule has 0 spiro atoms. The van der Waals surface area contributed by atoms with Crippen LogP contribution >= 0.6 is 24.0 Å². The van der Waals surface area contributed by atoms with Crippen LogP contribution in [0.5, 0.6) is 0 Å². The Balaban J connectivity index is 0.00000288. The molecule has 2 rings (SSSR count). The lowest BCUT2D eigenvalue weighted by molar-refractivity contribution is -0.0161. The van der Waals surface area contributed by atoms with E-state index >= 15 is 0 Å². The van der Waals surface area contributed by atoms with E-state index in [-0.39, 0.29) is 30.1 Å². The highest BCUT2D eigenvalue weighted by atomic mass is 127. The number of guanidine groups is 1. The Labute approximate surface area is 165 Å². The summed E-state index contributed by atoms with van der Waals surface area (Å²) in [5.74, 6) is 1.70. The Hall–Kier alpha value is -0.0800. The molecule has 1 saturated heterocycles. The van der Waals surface area contributed by atoms with Gasteiger partial charge in [-0.1, -0.05) is 20.3 Å². The van der Waals surface area contributed by atoms with Crippen molar-refractivity contribution in [2.24, 2.45) is 16.3 Å². The first kappa shape index (κ1) is 22.0. The first-order valence-electron chi connectivity index (χ1n) is 9.35. The number of hydrogen-bond acceptors (Lipinski definition) is 3. The Kier molecular flexibility index (Phi) is 9.89. The second kappa shape index (κ2) is 10.8. The van der Waals surface area contributed by atoms with Gasteiger partial charge in [0.15, 0.2) is 5.96 Å². The normalized spacial score (nSPS) is 24.2. The van der Waals surface area contributed by atoms with Crippen LogP contribution < -0.4 is 10.6 Å². The van der Waals surface area contributed by atoms with Gasteiger partial charge in [-0.05, 0) is 44.6 Å². The molecular formula is C18H37IN4O. The minimum Gasteiger partial charge on any atom is -0.374 e. The summed E-state index contributed by atoms with van der Waals surface area (Å²) in [5, 5.41) is 6.85. The van der Waals surface area contributed by atoms with Crippen LogP contribution in [0, 0.1) is 11.3 Å². The molecule has 2 fully saturated rings. The third kappa shape index (κ3) is 7.04. The van der Waals surface area contributed by atoms with Crippen LogP contribution in [0.4, 0.5) is 0 Å². The van der Waals surface area contributed by atoms with Crippen LogP contribution in [0.2, 0.25) is 0 Å². The maximum Gasteiger partial charge on any atom is 0.191 e. The van der Waals surface area contributed by atoms with Crippen molar-refractivity contribution in [2.45, 2.75) is 52.6 Å². The zero-order valence-electron chi connectivity index (χ0n) is 15.9. The quantitative estimate of drug-likeness (QED) is 0.354. The average Bonchev–Trinajstić information content (AvgIpc) is 2.46. The number of morpholine rings is 1. The van der Waals surface area contributed by atoms with Gasteiger partial charge in [-0.3, -0.25) is 4.99 Å². The van der Waals surface area contributed by atoms with Crippen molar-refractivity contribution in [3.05, 3.63) is 0 Å². The largest absolute Gasteiger partial charge is 0.374 e. The van der Waals surface area contributed by atoms with Gasteiger partial charge in [0.25, 0.3) is 0 Å². The second-order valence-corrected chi connectivity index (χ2v) is 7.78. The smallest absolute Gasteiger partial charge is 0.191 e. The lowest BCUT2D eigenvalue weighted by Gasteiger charge is -2.42. The molecule has 0 aromatic carbocycles. The van der Waals surface area contributed by atoms with Crippen molar-refractivity contribution in [1.82, 2.24) is 15.5 Å². The molecule has 0 aromatic heterocycles. The highest BCUT2D eigenvalue weighted by Gasteiger charge is 2.37. The molecule has 1 heterocycles. The number of rotatable bonds is 7. The first-order chi connectivity index (χ1) is 11.0. The molecule has 24 heavy (non-hydrogen) atoms. The topological polar surface area (TPSA) is 48.9 Å². The van der Waals surface area contributed by atoms with Gasteiger partial charge in [-0.25, -0.2) is 0 Å². The van der Waals surface area contributed by atoms with Gasteiger partial charge < -0.3 is 20.3 Å². The summed E-state index contributed by atoms with van der Waals surface area (Å²) in [6.45, 7) is 12.3. The summed E-state index contributed by atoms with van der Waals surface area (Å²) in [4.78, 5) is 7.21. The number of aliphatic imine (C=N–C) groups is 1. The molecule has 1 atom stereocenters. The molecule has 2 N–H and O–H groups in total. The van der Waals surface area contributed by atoms with Crippen molar-refractivity contribution in [1.29, 1.82) is 0 Å². The van der Waals surface area contributed by atoms with Crippen molar-refractivity contribution >= 4 is 29.9 Å². The Bertz CT molecular complexity index is 385. The lowest BCUT2D eigenvalue weighted by Crippen LogP contribution is -2.48. The molecule has 1 aliphatic heterocycles. The van der Waals surface area contributed by atoms with Crippen LogP contribution in [0.15, 0.2) is 4.99 Å². The highest BCUT2D eigenvalue weighted by Crippen LogP contribution is 2.46. The van der Waals surface area contributed by atoms with Gasteiger partial charge in [0.05, 0.1) is 12.7 Å². The number of ether oxygens (including phenoxy) is 1. The monoisotopic (exact) mass is 452 g/mol. The van der Waals surface area contributed by atoms with Crippen molar-refractivity contribution in [2.75, 3.05) is 46.4 Å². The fraction of sp³-hybridized carbons (Fsp3) is 0.944. The molecule has 5 nitrogen and oxygen atoms in total. The highest BCUT2D eigenvalue weighted by molar-refractivity contribution is 14.0. The van der Waals surface area contributed by atoms with Crippen molar-refractivity contribution in [3.8, 4) is 0 Å². The zero-order chi connectivity index (χ0) is 16.7. The number of nitrogens with zero attached hydrogens (tertiary/aromatic N) is 2. The molecule has 142 valence electrons. The molecule has 1 aliphatic carbocycles. The lowest BCUT2D eigenvalue weighted by atomic mass is 9.64. The Morgan fingerprint density at radius 3 is 2.62 bits per heavy atom. The number of nitrogens with one attached hydrogen (secondary N) is 2. The van der Waals surface area contributed by atoms with E-state index in [1.54, 1.807) is 0 Å².